The lowest BCUT2D eigenvalue weighted by atomic mass is 9.97. The van der Waals surface area contributed by atoms with E-state index in [1.165, 1.54) is 6.08 Å². The number of nitrogens with one attached hydrogen (secondary N) is 1. The highest BCUT2D eigenvalue weighted by Crippen LogP contribution is 2.26. The fourth-order valence-electron chi connectivity index (χ4n) is 2.72. The van der Waals surface area contributed by atoms with Gasteiger partial charge in [0.25, 0.3) is 0 Å². The van der Waals surface area contributed by atoms with Crippen molar-refractivity contribution >= 4 is 40.9 Å². The van der Waals surface area contributed by atoms with E-state index in [4.69, 9.17) is 53.8 Å². The fraction of sp³-hybridized carbons (Fsp3) is 0.526. The van der Waals surface area contributed by atoms with Crippen molar-refractivity contribution < 1.29 is 34.0 Å². The van der Waals surface area contributed by atoms with Crippen LogP contribution in [0.1, 0.15) is 5.56 Å². The third-order valence-electron chi connectivity index (χ3n) is 4.12. The van der Waals surface area contributed by atoms with Crippen molar-refractivity contribution in [2.45, 2.75) is 41.0 Å². The van der Waals surface area contributed by atoms with Crippen molar-refractivity contribution in [1.82, 2.24) is 5.32 Å². The molecular weight excluding hydrogens is 461 g/mol. The van der Waals surface area contributed by atoms with Crippen molar-refractivity contribution in [2.24, 2.45) is 0 Å². The largest absolute Gasteiger partial charge is 0.445 e. The van der Waals surface area contributed by atoms with Gasteiger partial charge in [-0.05, 0) is 5.56 Å². The maximum Gasteiger partial charge on any atom is 0.407 e. The van der Waals surface area contributed by atoms with Crippen LogP contribution < -0.4 is 5.32 Å². The van der Waals surface area contributed by atoms with Gasteiger partial charge in [-0.3, -0.25) is 0 Å². The van der Waals surface area contributed by atoms with Gasteiger partial charge in [-0.25, -0.2) is 4.79 Å². The molecule has 0 saturated carbocycles. The molecule has 0 unspecified atom stereocenters. The molecule has 5 atom stereocenters. The van der Waals surface area contributed by atoms with Crippen LogP contribution in [0, 0.1) is 0 Å². The van der Waals surface area contributed by atoms with Crippen LogP contribution in [0.3, 0.4) is 0 Å². The molecule has 0 aliphatic carbocycles. The topological polar surface area (TPSA) is 106 Å². The van der Waals surface area contributed by atoms with Crippen LogP contribution >= 0.6 is 34.8 Å². The summed E-state index contributed by atoms with van der Waals surface area (Å²) in [5.74, 6) is 0. The normalized spacial score (nSPS) is 26.8. The van der Waals surface area contributed by atoms with Gasteiger partial charge in [0.1, 0.15) is 31.0 Å². The minimum absolute atomic E-state index is 0.00843. The highest BCUT2D eigenvalue weighted by atomic mass is 35.6. The highest BCUT2D eigenvalue weighted by Gasteiger charge is 2.46. The molecule has 1 fully saturated rings. The second-order valence-corrected chi connectivity index (χ2v) is 9.02. The number of alkyl halides is 3. The Balaban J connectivity index is 1.96. The maximum atomic E-state index is 12.0. The summed E-state index contributed by atoms with van der Waals surface area (Å²) < 4.78 is 19.8. The molecule has 8 nitrogen and oxygen atoms in total. The maximum absolute atomic E-state index is 12.0. The molecule has 1 aliphatic rings. The number of alkyl carbamates (subject to hydrolysis) is 1. The highest BCUT2D eigenvalue weighted by molar-refractivity contribution is 6.67. The fourth-order valence-corrected chi connectivity index (χ4v) is 2.88. The predicted octanol–water partition coefficient (Wildman–Crippen LogP) is 2.32. The Morgan fingerprint density at radius 2 is 1.93 bits per heavy atom. The first kappa shape index (κ1) is 25.2. The van der Waals surface area contributed by atoms with Gasteiger partial charge in [-0.15, -0.1) is 6.58 Å². The average Bonchev–Trinajstić information content (AvgIpc) is 2.71. The second kappa shape index (κ2) is 12.1. The van der Waals surface area contributed by atoms with Crippen LogP contribution in [0.5, 0.6) is 0 Å². The Labute approximate surface area is 189 Å². The summed E-state index contributed by atoms with van der Waals surface area (Å²) >= 11 is 16.6. The first-order valence-electron chi connectivity index (χ1n) is 9.07. The van der Waals surface area contributed by atoms with Crippen LogP contribution in [0.2, 0.25) is 0 Å². The van der Waals surface area contributed by atoms with Gasteiger partial charge < -0.3 is 34.5 Å². The van der Waals surface area contributed by atoms with E-state index in [2.05, 4.69) is 11.9 Å². The van der Waals surface area contributed by atoms with Gasteiger partial charge in [0.05, 0.1) is 19.8 Å². The minimum atomic E-state index is -1.79. The molecule has 1 amide bonds. The molecule has 1 aromatic carbocycles. The number of carbonyl (C=O) groups excluding carboxylic acids is 1. The number of ether oxygens (including phenoxy) is 4. The molecular formula is C19H24Cl3NO7. The zero-order valence-corrected chi connectivity index (χ0v) is 18.2. The van der Waals surface area contributed by atoms with E-state index in [1.807, 2.05) is 30.3 Å². The van der Waals surface area contributed by atoms with Gasteiger partial charge in [0, 0.05) is 0 Å². The Hall–Kier alpha value is -1.10. The van der Waals surface area contributed by atoms with Gasteiger partial charge in [-0.2, -0.15) is 0 Å². The zero-order valence-electron chi connectivity index (χ0n) is 16.0. The molecule has 0 spiro atoms. The van der Waals surface area contributed by atoms with E-state index in [0.29, 0.717) is 6.61 Å². The molecule has 1 aromatic rings. The monoisotopic (exact) mass is 483 g/mol. The van der Waals surface area contributed by atoms with Crippen molar-refractivity contribution in [3.63, 3.8) is 0 Å². The molecule has 1 saturated heterocycles. The van der Waals surface area contributed by atoms with Gasteiger partial charge >= 0.3 is 6.09 Å². The van der Waals surface area contributed by atoms with Crippen molar-refractivity contribution in [1.29, 1.82) is 0 Å². The number of hydrogen-bond acceptors (Lipinski definition) is 7. The van der Waals surface area contributed by atoms with E-state index >= 15 is 0 Å². The number of amides is 1. The molecule has 1 aliphatic heterocycles. The number of hydrogen-bond donors (Lipinski definition) is 3. The molecule has 3 N–H and O–H groups in total. The summed E-state index contributed by atoms with van der Waals surface area (Å²) in [4.78, 5) is 12.0. The molecule has 1 heterocycles. The molecule has 0 aromatic heterocycles. The van der Waals surface area contributed by atoms with Gasteiger partial charge in [-0.1, -0.05) is 71.2 Å². The summed E-state index contributed by atoms with van der Waals surface area (Å²) in [5.41, 5.74) is 0.944. The lowest BCUT2D eigenvalue weighted by Gasteiger charge is -2.42. The third kappa shape index (κ3) is 8.20. The summed E-state index contributed by atoms with van der Waals surface area (Å²) in [6.45, 7) is 3.41. The first-order chi connectivity index (χ1) is 14.2. The number of halogens is 3. The van der Waals surface area contributed by atoms with Crippen LogP contribution in [0.15, 0.2) is 43.0 Å². The summed E-state index contributed by atoms with van der Waals surface area (Å²) in [6, 6.07) is 8.30. The standard InChI is InChI=1S/C19H24Cl3NO7/c1-2-8-28-17-14(23-18(26)29-11-19(20,21)22)16(25)15(24)13(30-17)10-27-9-12-6-4-3-5-7-12/h2-7,13-17,24-25H,1,8-11H2,(H,23,26)/t13-,14-,15-,16-,17+/m1/s1. The number of carbonyl (C=O) groups is 1. The zero-order chi connectivity index (χ0) is 22.1. The smallest absolute Gasteiger partial charge is 0.407 e. The predicted molar refractivity (Wildman–Crippen MR) is 111 cm³/mol. The number of aliphatic hydroxyl groups excluding tert-OH is 2. The quantitative estimate of drug-likeness (QED) is 0.365. The molecule has 0 bridgehead atoms. The van der Waals surface area contributed by atoms with Crippen molar-refractivity contribution in [3.05, 3.63) is 48.6 Å². The lowest BCUT2D eigenvalue weighted by Crippen LogP contribution is -2.65. The van der Waals surface area contributed by atoms with Gasteiger partial charge in [0.15, 0.2) is 6.29 Å². The van der Waals surface area contributed by atoms with E-state index in [9.17, 15) is 15.0 Å². The van der Waals surface area contributed by atoms with Gasteiger partial charge in [0.2, 0.25) is 3.79 Å². The Morgan fingerprint density at radius 1 is 1.23 bits per heavy atom. The number of aliphatic hydroxyl groups is 2. The Morgan fingerprint density at radius 3 is 2.57 bits per heavy atom. The second-order valence-electron chi connectivity index (χ2n) is 6.51. The van der Waals surface area contributed by atoms with Crippen LogP contribution in [0.25, 0.3) is 0 Å². The van der Waals surface area contributed by atoms with Crippen LogP contribution in [-0.2, 0) is 25.6 Å². The molecule has 2 rings (SSSR count). The average molecular weight is 485 g/mol. The van der Waals surface area contributed by atoms with Crippen LogP contribution in [-0.4, -0.2) is 70.6 Å². The summed E-state index contributed by atoms with van der Waals surface area (Å²) in [5, 5.41) is 23.3. The van der Waals surface area contributed by atoms with E-state index in [-0.39, 0.29) is 13.2 Å². The van der Waals surface area contributed by atoms with E-state index in [0.717, 1.165) is 5.56 Å². The SMILES string of the molecule is C=CCO[C@H]1O[C@H](COCc2ccccc2)[C@@H](O)[C@H](O)[C@H]1NC(=O)OCC(Cl)(Cl)Cl. The first-order valence-corrected chi connectivity index (χ1v) is 10.2. The lowest BCUT2D eigenvalue weighted by molar-refractivity contribution is -0.269. The Kier molecular flexibility index (Phi) is 10.1. The van der Waals surface area contributed by atoms with Crippen molar-refractivity contribution in [2.75, 3.05) is 19.8 Å². The molecule has 0 radical (unpaired) electrons. The summed E-state index contributed by atoms with van der Waals surface area (Å²) in [7, 11) is 0. The Bertz CT molecular complexity index is 674. The molecule has 30 heavy (non-hydrogen) atoms. The van der Waals surface area contributed by atoms with Crippen molar-refractivity contribution in [3.8, 4) is 0 Å². The van der Waals surface area contributed by atoms with E-state index in [1.54, 1.807) is 0 Å². The van der Waals surface area contributed by atoms with Crippen LogP contribution in [0.4, 0.5) is 4.79 Å². The number of rotatable bonds is 9. The molecule has 11 heteroatoms. The minimum Gasteiger partial charge on any atom is -0.445 e. The summed E-state index contributed by atoms with van der Waals surface area (Å²) in [6.07, 6.45) is -4.30. The van der Waals surface area contributed by atoms with E-state index < -0.39 is 47.1 Å². The number of benzene rings is 1. The molecule has 168 valence electrons. The third-order valence-corrected chi connectivity index (χ3v) is 4.45.